The third kappa shape index (κ3) is 5.62. The van der Waals surface area contributed by atoms with Crippen molar-refractivity contribution in [3.63, 3.8) is 0 Å². The molecule has 8 nitrogen and oxygen atoms in total. The molecule has 166 valence electrons. The van der Waals surface area contributed by atoms with Gasteiger partial charge in [0.15, 0.2) is 11.8 Å². The van der Waals surface area contributed by atoms with Gasteiger partial charge in [0.1, 0.15) is 6.33 Å². The number of hydrogen-bond donors (Lipinski definition) is 3. The number of likely N-dealkylation sites (tertiary alicyclic amines) is 1. The first-order chi connectivity index (χ1) is 15.2. The zero-order valence-electron chi connectivity index (χ0n) is 18.3. The molecule has 4 rings (SSSR count). The van der Waals surface area contributed by atoms with Crippen molar-refractivity contribution in [3.8, 4) is 11.4 Å². The Labute approximate surface area is 183 Å². The fraction of sp³-hybridized carbons (Fsp3) is 0.565. The third-order valence-corrected chi connectivity index (χ3v) is 6.17. The zero-order chi connectivity index (χ0) is 21.5. The van der Waals surface area contributed by atoms with Gasteiger partial charge < -0.3 is 15.5 Å². The molecule has 1 aromatic carbocycles. The average molecular weight is 424 g/mol. The van der Waals surface area contributed by atoms with Crippen molar-refractivity contribution in [2.24, 2.45) is 10.9 Å². The second-order valence-corrected chi connectivity index (χ2v) is 8.48. The molecule has 1 aromatic heterocycles. The number of aliphatic imine (C=N–C) groups is 1. The van der Waals surface area contributed by atoms with Crippen molar-refractivity contribution in [1.82, 2.24) is 30.7 Å². The van der Waals surface area contributed by atoms with Crippen LogP contribution in [0.4, 0.5) is 0 Å². The molecule has 1 atom stereocenters. The highest BCUT2D eigenvalue weighted by molar-refractivity contribution is 5.81. The van der Waals surface area contributed by atoms with E-state index in [4.69, 9.17) is 4.99 Å². The Bertz CT molecular complexity index is 874. The van der Waals surface area contributed by atoms with E-state index < -0.39 is 0 Å². The lowest BCUT2D eigenvalue weighted by atomic mass is 9.88. The van der Waals surface area contributed by atoms with Crippen molar-refractivity contribution in [2.45, 2.75) is 58.0 Å². The summed E-state index contributed by atoms with van der Waals surface area (Å²) in [6.45, 7) is 5.03. The SMILES string of the molecule is CCNC(=NCc1cccc(-c2ncn[nH]2)c1)NC1CCN(C(=O)C2CCCCC2)C1. The fourth-order valence-corrected chi connectivity index (χ4v) is 4.53. The van der Waals surface area contributed by atoms with Crippen molar-refractivity contribution in [3.05, 3.63) is 36.2 Å². The second-order valence-electron chi connectivity index (χ2n) is 8.48. The van der Waals surface area contributed by atoms with E-state index in [1.165, 1.54) is 25.6 Å². The molecule has 31 heavy (non-hydrogen) atoms. The Morgan fingerprint density at radius 2 is 2.13 bits per heavy atom. The molecule has 1 saturated carbocycles. The average Bonchev–Trinajstić information content (AvgIpc) is 3.51. The van der Waals surface area contributed by atoms with Crippen LogP contribution in [0.2, 0.25) is 0 Å². The van der Waals surface area contributed by atoms with E-state index in [-0.39, 0.29) is 12.0 Å². The molecule has 2 fully saturated rings. The van der Waals surface area contributed by atoms with Gasteiger partial charge in [-0.2, -0.15) is 5.10 Å². The van der Waals surface area contributed by atoms with Crippen LogP contribution in [0.1, 0.15) is 51.0 Å². The number of benzene rings is 1. The lowest BCUT2D eigenvalue weighted by Crippen LogP contribution is -2.45. The lowest BCUT2D eigenvalue weighted by molar-refractivity contribution is -0.135. The Kier molecular flexibility index (Phi) is 7.17. The molecule has 1 aliphatic heterocycles. The molecular weight excluding hydrogens is 390 g/mol. The minimum Gasteiger partial charge on any atom is -0.357 e. The van der Waals surface area contributed by atoms with Crippen LogP contribution in [0.3, 0.4) is 0 Å². The summed E-state index contributed by atoms with van der Waals surface area (Å²) in [5.41, 5.74) is 2.10. The normalized spacial score (nSPS) is 20.1. The zero-order valence-corrected chi connectivity index (χ0v) is 18.3. The quantitative estimate of drug-likeness (QED) is 0.490. The van der Waals surface area contributed by atoms with Gasteiger partial charge in [0.05, 0.1) is 6.54 Å². The summed E-state index contributed by atoms with van der Waals surface area (Å²) in [6.07, 6.45) is 8.26. The molecule has 1 saturated heterocycles. The first kappa shape index (κ1) is 21.3. The van der Waals surface area contributed by atoms with Crippen LogP contribution in [-0.4, -0.2) is 57.6 Å². The van der Waals surface area contributed by atoms with Crippen LogP contribution in [0.15, 0.2) is 35.6 Å². The summed E-state index contributed by atoms with van der Waals surface area (Å²) < 4.78 is 0. The largest absolute Gasteiger partial charge is 0.357 e. The topological polar surface area (TPSA) is 98.3 Å². The number of amides is 1. The van der Waals surface area contributed by atoms with Gasteiger partial charge in [-0.15, -0.1) is 0 Å². The standard InChI is InChI=1S/C23H33N7O/c1-2-24-23(25-14-17-7-6-10-19(13-17)21-26-16-27-29-21)28-20-11-12-30(15-20)22(31)18-8-4-3-5-9-18/h6-7,10,13,16,18,20H,2-5,8-9,11-12,14-15H2,1H3,(H2,24,25,28)(H,26,27,29). The summed E-state index contributed by atoms with van der Waals surface area (Å²) in [7, 11) is 0. The van der Waals surface area contributed by atoms with Crippen LogP contribution in [0.5, 0.6) is 0 Å². The van der Waals surface area contributed by atoms with E-state index in [0.717, 1.165) is 61.8 Å². The Morgan fingerprint density at radius 3 is 2.90 bits per heavy atom. The number of carbonyl (C=O) groups is 1. The molecule has 2 aromatic rings. The second kappa shape index (κ2) is 10.4. The highest BCUT2D eigenvalue weighted by atomic mass is 16.2. The molecule has 0 bridgehead atoms. The van der Waals surface area contributed by atoms with Crippen molar-refractivity contribution >= 4 is 11.9 Å². The number of hydrogen-bond acceptors (Lipinski definition) is 4. The van der Waals surface area contributed by atoms with Crippen molar-refractivity contribution in [2.75, 3.05) is 19.6 Å². The molecule has 8 heteroatoms. The van der Waals surface area contributed by atoms with E-state index >= 15 is 0 Å². The minimum absolute atomic E-state index is 0.242. The van der Waals surface area contributed by atoms with Gasteiger partial charge in [0, 0.05) is 37.2 Å². The van der Waals surface area contributed by atoms with Gasteiger partial charge in [0.25, 0.3) is 0 Å². The summed E-state index contributed by atoms with van der Waals surface area (Å²) in [5.74, 6) is 2.15. The van der Waals surface area contributed by atoms with Gasteiger partial charge in [-0.05, 0) is 37.8 Å². The van der Waals surface area contributed by atoms with E-state index in [2.05, 4.69) is 49.8 Å². The molecule has 1 aliphatic carbocycles. The Balaban J connectivity index is 1.34. The summed E-state index contributed by atoms with van der Waals surface area (Å²) in [6, 6.07) is 8.40. The summed E-state index contributed by atoms with van der Waals surface area (Å²) in [4.78, 5) is 23.9. The van der Waals surface area contributed by atoms with Crippen LogP contribution in [-0.2, 0) is 11.3 Å². The number of nitrogens with zero attached hydrogens (tertiary/aromatic N) is 4. The van der Waals surface area contributed by atoms with Crippen LogP contribution < -0.4 is 10.6 Å². The lowest BCUT2D eigenvalue weighted by Gasteiger charge is -2.26. The maximum absolute atomic E-state index is 12.8. The van der Waals surface area contributed by atoms with E-state index in [0.29, 0.717) is 12.5 Å². The molecule has 2 aliphatic rings. The monoisotopic (exact) mass is 423 g/mol. The maximum Gasteiger partial charge on any atom is 0.225 e. The van der Waals surface area contributed by atoms with Crippen molar-refractivity contribution < 1.29 is 4.79 Å². The van der Waals surface area contributed by atoms with Crippen LogP contribution in [0, 0.1) is 5.92 Å². The highest BCUT2D eigenvalue weighted by Crippen LogP contribution is 2.26. The van der Waals surface area contributed by atoms with Gasteiger partial charge in [-0.3, -0.25) is 9.89 Å². The molecule has 2 heterocycles. The van der Waals surface area contributed by atoms with Crippen LogP contribution in [0.25, 0.3) is 11.4 Å². The van der Waals surface area contributed by atoms with E-state index in [1.807, 2.05) is 12.1 Å². The molecular formula is C23H33N7O. The Morgan fingerprint density at radius 1 is 1.26 bits per heavy atom. The van der Waals surface area contributed by atoms with Crippen LogP contribution >= 0.6 is 0 Å². The number of aromatic amines is 1. The number of rotatable bonds is 6. The van der Waals surface area contributed by atoms with Gasteiger partial charge in [-0.25, -0.2) is 9.98 Å². The van der Waals surface area contributed by atoms with Gasteiger partial charge in [-0.1, -0.05) is 37.5 Å². The molecule has 0 radical (unpaired) electrons. The summed E-state index contributed by atoms with van der Waals surface area (Å²) >= 11 is 0. The van der Waals surface area contributed by atoms with E-state index in [1.54, 1.807) is 0 Å². The predicted octanol–water partition coefficient (Wildman–Crippen LogP) is 2.71. The number of guanidine groups is 1. The summed E-state index contributed by atoms with van der Waals surface area (Å²) in [5, 5.41) is 13.7. The molecule has 1 amide bonds. The maximum atomic E-state index is 12.8. The van der Waals surface area contributed by atoms with E-state index in [9.17, 15) is 4.79 Å². The number of carbonyl (C=O) groups excluding carboxylic acids is 1. The highest BCUT2D eigenvalue weighted by Gasteiger charge is 2.31. The number of aromatic nitrogens is 3. The van der Waals surface area contributed by atoms with Crippen molar-refractivity contribution in [1.29, 1.82) is 0 Å². The number of H-pyrrole nitrogens is 1. The van der Waals surface area contributed by atoms with Gasteiger partial charge >= 0.3 is 0 Å². The number of nitrogens with one attached hydrogen (secondary N) is 3. The minimum atomic E-state index is 0.242. The molecule has 1 unspecified atom stereocenters. The predicted molar refractivity (Wildman–Crippen MR) is 121 cm³/mol. The third-order valence-electron chi connectivity index (χ3n) is 6.17. The first-order valence-electron chi connectivity index (χ1n) is 11.5. The molecule has 3 N–H and O–H groups in total. The van der Waals surface area contributed by atoms with Gasteiger partial charge in [0.2, 0.25) is 5.91 Å². The fourth-order valence-electron chi connectivity index (χ4n) is 4.53. The smallest absolute Gasteiger partial charge is 0.225 e. The Hall–Kier alpha value is -2.90. The molecule has 0 spiro atoms. The first-order valence-corrected chi connectivity index (χ1v) is 11.5.